The van der Waals surface area contributed by atoms with Crippen molar-refractivity contribution < 1.29 is 4.79 Å². The van der Waals surface area contributed by atoms with Crippen molar-refractivity contribution in [2.45, 2.75) is 32.6 Å². The van der Waals surface area contributed by atoms with Gasteiger partial charge in [0.25, 0.3) is 0 Å². The van der Waals surface area contributed by atoms with Crippen molar-refractivity contribution >= 4 is 22.8 Å². The molecule has 0 amide bonds. The molecule has 1 aliphatic rings. The zero-order valence-electron chi connectivity index (χ0n) is 16.6. The average Bonchev–Trinajstić information content (AvgIpc) is 3.11. The highest BCUT2D eigenvalue weighted by atomic mass is 16.1. The van der Waals surface area contributed by atoms with Crippen molar-refractivity contribution in [1.82, 2.24) is 9.47 Å². The van der Waals surface area contributed by atoms with Crippen LogP contribution in [0.15, 0.2) is 60.8 Å². The van der Waals surface area contributed by atoms with Gasteiger partial charge in [0.15, 0.2) is 5.78 Å². The van der Waals surface area contributed by atoms with Gasteiger partial charge in [-0.2, -0.15) is 0 Å². The normalized spacial score (nSPS) is 15.5. The summed E-state index contributed by atoms with van der Waals surface area (Å²) < 4.78 is 2.29. The SMILES string of the molecule is CC(=O)C=Cc1ccc(-n2cc(CCN3CCCCC3)c3ccccc32)cc1. The van der Waals surface area contributed by atoms with Crippen molar-refractivity contribution in [2.75, 3.05) is 19.6 Å². The number of ketones is 1. The van der Waals surface area contributed by atoms with Crippen LogP contribution in [0.25, 0.3) is 22.7 Å². The van der Waals surface area contributed by atoms with Crippen LogP contribution in [0.4, 0.5) is 0 Å². The van der Waals surface area contributed by atoms with Gasteiger partial charge in [-0.15, -0.1) is 0 Å². The molecule has 1 saturated heterocycles. The molecule has 0 bridgehead atoms. The lowest BCUT2D eigenvalue weighted by Gasteiger charge is -2.26. The topological polar surface area (TPSA) is 25.2 Å². The van der Waals surface area contributed by atoms with Gasteiger partial charge in [-0.3, -0.25) is 4.79 Å². The summed E-state index contributed by atoms with van der Waals surface area (Å²) in [4.78, 5) is 13.7. The molecule has 1 aliphatic heterocycles. The Hall–Kier alpha value is -2.65. The van der Waals surface area contributed by atoms with Crippen LogP contribution in [0.5, 0.6) is 0 Å². The minimum atomic E-state index is 0.0684. The summed E-state index contributed by atoms with van der Waals surface area (Å²) in [7, 11) is 0. The Morgan fingerprint density at radius 3 is 2.50 bits per heavy atom. The predicted molar refractivity (Wildman–Crippen MR) is 117 cm³/mol. The van der Waals surface area contributed by atoms with E-state index < -0.39 is 0 Å². The fraction of sp³-hybridized carbons (Fsp3) is 0.320. The van der Waals surface area contributed by atoms with E-state index in [1.165, 1.54) is 48.8 Å². The molecule has 3 aromatic rings. The van der Waals surface area contributed by atoms with E-state index in [4.69, 9.17) is 0 Å². The molecule has 1 fully saturated rings. The fourth-order valence-electron chi connectivity index (χ4n) is 4.08. The number of carbonyl (C=O) groups is 1. The van der Waals surface area contributed by atoms with E-state index >= 15 is 0 Å². The molecule has 0 aliphatic carbocycles. The second kappa shape index (κ2) is 8.57. The molecule has 3 nitrogen and oxygen atoms in total. The van der Waals surface area contributed by atoms with E-state index in [-0.39, 0.29) is 5.78 Å². The second-order valence-corrected chi connectivity index (χ2v) is 7.73. The number of carbonyl (C=O) groups excluding carboxylic acids is 1. The molecule has 0 unspecified atom stereocenters. The average molecular weight is 373 g/mol. The zero-order chi connectivity index (χ0) is 19.3. The molecule has 2 heterocycles. The molecule has 2 aromatic carbocycles. The van der Waals surface area contributed by atoms with Gasteiger partial charge >= 0.3 is 0 Å². The summed E-state index contributed by atoms with van der Waals surface area (Å²) in [5, 5.41) is 1.35. The van der Waals surface area contributed by atoms with Crippen molar-refractivity contribution in [2.24, 2.45) is 0 Å². The number of nitrogens with zero attached hydrogens (tertiary/aromatic N) is 2. The highest BCUT2D eigenvalue weighted by molar-refractivity contribution is 5.91. The molecule has 0 N–H and O–H groups in total. The summed E-state index contributed by atoms with van der Waals surface area (Å²) in [5.41, 5.74) is 4.87. The lowest BCUT2D eigenvalue weighted by molar-refractivity contribution is -0.112. The molecule has 4 rings (SSSR count). The van der Waals surface area contributed by atoms with Gasteiger partial charge in [0.1, 0.15) is 0 Å². The van der Waals surface area contributed by atoms with Gasteiger partial charge < -0.3 is 9.47 Å². The van der Waals surface area contributed by atoms with Crippen LogP contribution in [-0.2, 0) is 11.2 Å². The highest BCUT2D eigenvalue weighted by Gasteiger charge is 2.13. The highest BCUT2D eigenvalue weighted by Crippen LogP contribution is 2.26. The lowest BCUT2D eigenvalue weighted by Crippen LogP contribution is -2.31. The zero-order valence-corrected chi connectivity index (χ0v) is 16.6. The molecular weight excluding hydrogens is 344 g/mol. The Kier molecular flexibility index (Phi) is 5.73. The number of hydrogen-bond acceptors (Lipinski definition) is 2. The van der Waals surface area contributed by atoms with Gasteiger partial charge in [0, 0.05) is 23.8 Å². The van der Waals surface area contributed by atoms with Crippen molar-refractivity contribution in [3.8, 4) is 5.69 Å². The maximum absolute atomic E-state index is 11.1. The Morgan fingerprint density at radius 2 is 1.75 bits per heavy atom. The monoisotopic (exact) mass is 372 g/mol. The largest absolute Gasteiger partial charge is 0.316 e. The fourth-order valence-corrected chi connectivity index (χ4v) is 4.08. The lowest BCUT2D eigenvalue weighted by atomic mass is 10.1. The van der Waals surface area contributed by atoms with Crippen molar-refractivity contribution in [3.63, 3.8) is 0 Å². The predicted octanol–water partition coefficient (Wildman–Crippen LogP) is 5.26. The van der Waals surface area contributed by atoms with Gasteiger partial charge in [0.05, 0.1) is 5.52 Å². The Labute approximate surface area is 167 Å². The number of rotatable bonds is 6. The molecular formula is C25H28N2O. The first-order valence-electron chi connectivity index (χ1n) is 10.3. The summed E-state index contributed by atoms with van der Waals surface area (Å²) in [6.45, 7) is 5.20. The summed E-state index contributed by atoms with van der Waals surface area (Å²) in [6.07, 6.45) is 10.9. The van der Waals surface area contributed by atoms with Crippen LogP contribution in [-0.4, -0.2) is 34.9 Å². The quantitative estimate of drug-likeness (QED) is 0.551. The number of para-hydroxylation sites is 1. The Bertz CT molecular complexity index is 975. The molecule has 0 spiro atoms. The second-order valence-electron chi connectivity index (χ2n) is 7.73. The Morgan fingerprint density at radius 1 is 1.00 bits per heavy atom. The van der Waals surface area contributed by atoms with E-state index in [1.807, 2.05) is 6.08 Å². The first kappa shape index (κ1) is 18.7. The molecule has 144 valence electrons. The summed E-state index contributed by atoms with van der Waals surface area (Å²) in [6, 6.07) is 17.1. The van der Waals surface area contributed by atoms with E-state index in [1.54, 1.807) is 13.0 Å². The molecule has 0 saturated carbocycles. The van der Waals surface area contributed by atoms with Gasteiger partial charge in [-0.25, -0.2) is 0 Å². The molecule has 1 aromatic heterocycles. The van der Waals surface area contributed by atoms with Gasteiger partial charge in [0.2, 0.25) is 0 Å². The number of benzene rings is 2. The summed E-state index contributed by atoms with van der Waals surface area (Å²) in [5.74, 6) is 0.0684. The Balaban J connectivity index is 1.59. The van der Waals surface area contributed by atoms with E-state index in [9.17, 15) is 4.79 Å². The first-order valence-corrected chi connectivity index (χ1v) is 10.3. The minimum Gasteiger partial charge on any atom is -0.316 e. The van der Waals surface area contributed by atoms with Crippen LogP contribution in [0, 0.1) is 0 Å². The number of allylic oxidation sites excluding steroid dienone is 1. The van der Waals surface area contributed by atoms with E-state index in [0.717, 1.165) is 24.2 Å². The minimum absolute atomic E-state index is 0.0684. The number of likely N-dealkylation sites (tertiary alicyclic amines) is 1. The molecule has 28 heavy (non-hydrogen) atoms. The van der Waals surface area contributed by atoms with Crippen LogP contribution in [0.3, 0.4) is 0 Å². The number of piperidine rings is 1. The first-order chi connectivity index (χ1) is 13.7. The standard InChI is InChI=1S/C25H28N2O/c1-20(28)9-10-21-11-13-23(14-12-21)27-19-22(24-7-3-4-8-25(24)27)15-18-26-16-5-2-6-17-26/h3-4,7-14,19H,2,5-6,15-18H2,1H3. The maximum Gasteiger partial charge on any atom is 0.152 e. The van der Waals surface area contributed by atoms with Crippen molar-refractivity contribution in [3.05, 3.63) is 71.9 Å². The van der Waals surface area contributed by atoms with Crippen LogP contribution in [0.2, 0.25) is 0 Å². The molecule has 3 heteroatoms. The van der Waals surface area contributed by atoms with Gasteiger partial charge in [-0.1, -0.05) is 42.8 Å². The van der Waals surface area contributed by atoms with E-state index in [0.29, 0.717) is 0 Å². The van der Waals surface area contributed by atoms with Crippen LogP contribution in [0.1, 0.15) is 37.3 Å². The van der Waals surface area contributed by atoms with Crippen molar-refractivity contribution in [1.29, 1.82) is 0 Å². The number of hydrogen-bond donors (Lipinski definition) is 0. The molecule has 0 atom stereocenters. The van der Waals surface area contributed by atoms with Gasteiger partial charge in [-0.05, 0) is 74.7 Å². The van der Waals surface area contributed by atoms with E-state index in [2.05, 4.69) is 64.2 Å². The van der Waals surface area contributed by atoms with Crippen LogP contribution < -0.4 is 0 Å². The number of fused-ring (bicyclic) bond motifs is 1. The third-order valence-corrected chi connectivity index (χ3v) is 5.62. The smallest absolute Gasteiger partial charge is 0.152 e. The third kappa shape index (κ3) is 4.26. The van der Waals surface area contributed by atoms with Crippen LogP contribution >= 0.6 is 0 Å². The molecule has 0 radical (unpaired) electrons. The summed E-state index contributed by atoms with van der Waals surface area (Å²) >= 11 is 0. The number of aromatic nitrogens is 1. The third-order valence-electron chi connectivity index (χ3n) is 5.62. The maximum atomic E-state index is 11.1.